The van der Waals surface area contributed by atoms with Gasteiger partial charge in [-0.3, -0.25) is 14.4 Å². The molecule has 2 aromatic rings. The van der Waals surface area contributed by atoms with Crippen molar-refractivity contribution in [3.05, 3.63) is 63.6 Å². The third-order valence-electron chi connectivity index (χ3n) is 6.18. The van der Waals surface area contributed by atoms with E-state index in [-0.39, 0.29) is 37.5 Å². The van der Waals surface area contributed by atoms with Crippen LogP contribution < -0.4 is 10.2 Å². The van der Waals surface area contributed by atoms with Crippen molar-refractivity contribution in [3.8, 4) is 0 Å². The number of rotatable bonds is 6. The number of hydrogen-bond acceptors (Lipinski definition) is 4. The van der Waals surface area contributed by atoms with E-state index >= 15 is 0 Å². The van der Waals surface area contributed by atoms with Crippen molar-refractivity contribution >= 4 is 45.3 Å². The molecule has 2 heterocycles. The summed E-state index contributed by atoms with van der Waals surface area (Å²) >= 11 is 3.23. The Bertz CT molecular complexity index is 1240. The zero-order chi connectivity index (χ0) is 26.2. The van der Waals surface area contributed by atoms with Crippen LogP contribution in [0.1, 0.15) is 34.3 Å². The van der Waals surface area contributed by atoms with Crippen LogP contribution in [-0.2, 0) is 27.1 Å². The standard InChI is InChI=1S/C24H21BrF3N3O5/c25-17-7-14(23(35)36)8-18(10-17)31-5-4-19(22(31)34)29-21(33)15-9-20(32)30(12-15)11-13-2-1-3-16(6-13)24(26,27)28/h1-3,6-8,10,15,19H,4-5,9,11-12H2,(H,29,33)(H,35,36). The molecule has 12 heteroatoms. The number of carbonyl (C=O) groups is 4. The predicted molar refractivity (Wildman–Crippen MR) is 125 cm³/mol. The largest absolute Gasteiger partial charge is 0.478 e. The van der Waals surface area contributed by atoms with E-state index in [1.54, 1.807) is 6.07 Å². The molecule has 0 aromatic heterocycles. The minimum absolute atomic E-state index is 0.00462. The number of carboxylic acid groups (broad SMARTS) is 1. The van der Waals surface area contributed by atoms with Crippen molar-refractivity contribution in [2.75, 3.05) is 18.0 Å². The molecular formula is C24H21BrF3N3O5. The summed E-state index contributed by atoms with van der Waals surface area (Å²) in [6, 6.07) is 8.23. The van der Waals surface area contributed by atoms with Gasteiger partial charge in [0.1, 0.15) is 6.04 Å². The van der Waals surface area contributed by atoms with Crippen molar-refractivity contribution < 1.29 is 37.5 Å². The van der Waals surface area contributed by atoms with Gasteiger partial charge >= 0.3 is 12.1 Å². The van der Waals surface area contributed by atoms with Gasteiger partial charge in [0.15, 0.2) is 0 Å². The number of alkyl halides is 3. The highest BCUT2D eigenvalue weighted by Crippen LogP contribution is 2.31. The molecule has 2 fully saturated rings. The Kier molecular flexibility index (Phi) is 7.07. The molecule has 190 valence electrons. The third-order valence-corrected chi connectivity index (χ3v) is 6.63. The summed E-state index contributed by atoms with van der Waals surface area (Å²) in [5.41, 5.74) is -0.126. The van der Waals surface area contributed by atoms with E-state index in [1.165, 1.54) is 34.1 Å². The molecule has 2 aromatic carbocycles. The number of likely N-dealkylation sites (tertiary alicyclic amines) is 1. The molecule has 4 rings (SSSR count). The molecule has 2 saturated heterocycles. The Balaban J connectivity index is 1.38. The first-order valence-electron chi connectivity index (χ1n) is 11.0. The minimum Gasteiger partial charge on any atom is -0.478 e. The van der Waals surface area contributed by atoms with E-state index in [4.69, 9.17) is 0 Å². The van der Waals surface area contributed by atoms with E-state index < -0.39 is 41.5 Å². The lowest BCUT2D eigenvalue weighted by molar-refractivity contribution is -0.137. The fraction of sp³-hybridized carbons (Fsp3) is 0.333. The average molecular weight is 568 g/mol. The van der Waals surface area contributed by atoms with Gasteiger partial charge in [-0.25, -0.2) is 4.79 Å². The number of aromatic carboxylic acids is 1. The van der Waals surface area contributed by atoms with Crippen LogP contribution in [0.2, 0.25) is 0 Å². The topological polar surface area (TPSA) is 107 Å². The lowest BCUT2D eigenvalue weighted by atomic mass is 10.1. The highest BCUT2D eigenvalue weighted by Gasteiger charge is 2.39. The zero-order valence-electron chi connectivity index (χ0n) is 18.7. The van der Waals surface area contributed by atoms with Crippen molar-refractivity contribution in [3.63, 3.8) is 0 Å². The summed E-state index contributed by atoms with van der Waals surface area (Å²) in [4.78, 5) is 52.2. The smallest absolute Gasteiger partial charge is 0.416 e. The average Bonchev–Trinajstić information content (AvgIpc) is 3.35. The molecule has 0 spiro atoms. The number of hydrogen-bond donors (Lipinski definition) is 2. The number of anilines is 1. The van der Waals surface area contributed by atoms with Crippen LogP contribution in [0.25, 0.3) is 0 Å². The quantitative estimate of drug-likeness (QED) is 0.556. The number of amides is 3. The van der Waals surface area contributed by atoms with Crippen molar-refractivity contribution in [1.29, 1.82) is 0 Å². The SMILES string of the molecule is O=C(O)c1cc(Br)cc(N2CCC(NC(=O)C3CC(=O)N(Cc4cccc(C(F)(F)F)c4)C3)C2=O)c1. The summed E-state index contributed by atoms with van der Waals surface area (Å²) in [5.74, 6) is -3.13. The van der Waals surface area contributed by atoms with Gasteiger partial charge in [0.2, 0.25) is 17.7 Å². The highest BCUT2D eigenvalue weighted by atomic mass is 79.9. The Labute approximate surface area is 212 Å². The fourth-order valence-electron chi connectivity index (χ4n) is 4.38. The van der Waals surface area contributed by atoms with Crippen molar-refractivity contribution in [1.82, 2.24) is 10.2 Å². The Morgan fingerprint density at radius 2 is 1.89 bits per heavy atom. The summed E-state index contributed by atoms with van der Waals surface area (Å²) < 4.78 is 39.4. The first kappa shape index (κ1) is 25.7. The summed E-state index contributed by atoms with van der Waals surface area (Å²) in [6.07, 6.45) is -4.31. The van der Waals surface area contributed by atoms with Crippen molar-refractivity contribution in [2.45, 2.75) is 31.6 Å². The van der Waals surface area contributed by atoms with Crippen LogP contribution in [0.4, 0.5) is 18.9 Å². The number of benzene rings is 2. The number of nitrogens with one attached hydrogen (secondary N) is 1. The van der Waals surface area contributed by atoms with Gasteiger partial charge in [-0.15, -0.1) is 0 Å². The number of carbonyl (C=O) groups excluding carboxylic acids is 3. The normalized spacial score (nSPS) is 20.2. The molecule has 0 saturated carbocycles. The first-order valence-corrected chi connectivity index (χ1v) is 11.8. The van der Waals surface area contributed by atoms with Gasteiger partial charge in [-0.05, 0) is 42.3 Å². The monoisotopic (exact) mass is 567 g/mol. The molecule has 3 amide bonds. The van der Waals surface area contributed by atoms with Gasteiger partial charge in [0, 0.05) is 36.2 Å². The van der Waals surface area contributed by atoms with E-state index in [1.807, 2.05) is 0 Å². The summed E-state index contributed by atoms with van der Waals surface area (Å²) in [7, 11) is 0. The maximum atomic E-state index is 13.0. The third kappa shape index (κ3) is 5.53. The maximum Gasteiger partial charge on any atom is 0.416 e. The van der Waals surface area contributed by atoms with E-state index in [2.05, 4.69) is 21.2 Å². The van der Waals surface area contributed by atoms with Crippen LogP contribution in [0, 0.1) is 5.92 Å². The van der Waals surface area contributed by atoms with Crippen molar-refractivity contribution in [2.24, 2.45) is 5.92 Å². The molecule has 0 aliphatic carbocycles. The highest BCUT2D eigenvalue weighted by molar-refractivity contribution is 9.10. The lowest BCUT2D eigenvalue weighted by Crippen LogP contribution is -2.44. The molecule has 8 nitrogen and oxygen atoms in total. The second-order valence-corrected chi connectivity index (χ2v) is 9.63. The molecule has 2 unspecified atom stereocenters. The Morgan fingerprint density at radius 1 is 1.14 bits per heavy atom. The van der Waals surface area contributed by atoms with E-state index in [0.717, 1.165) is 12.1 Å². The molecular weight excluding hydrogens is 547 g/mol. The van der Waals surface area contributed by atoms with Gasteiger partial charge in [0.25, 0.3) is 0 Å². The molecule has 2 N–H and O–H groups in total. The zero-order valence-corrected chi connectivity index (χ0v) is 20.3. The van der Waals surface area contributed by atoms with E-state index in [9.17, 15) is 37.5 Å². The molecule has 36 heavy (non-hydrogen) atoms. The first-order chi connectivity index (χ1) is 16.9. The van der Waals surface area contributed by atoms with Crippen LogP contribution in [-0.4, -0.2) is 52.8 Å². The van der Waals surface area contributed by atoms with Gasteiger partial charge < -0.3 is 20.2 Å². The lowest BCUT2D eigenvalue weighted by Gasteiger charge is -2.20. The maximum absolute atomic E-state index is 13.0. The van der Waals surface area contributed by atoms with Crippen LogP contribution in [0.3, 0.4) is 0 Å². The van der Waals surface area contributed by atoms with E-state index in [0.29, 0.717) is 22.1 Å². The van der Waals surface area contributed by atoms with Gasteiger partial charge in [0.05, 0.1) is 17.0 Å². The number of carboxylic acids is 1. The molecule has 2 atom stereocenters. The van der Waals surface area contributed by atoms with Crippen LogP contribution >= 0.6 is 15.9 Å². The minimum atomic E-state index is -4.50. The Hall–Kier alpha value is -3.41. The second kappa shape index (κ2) is 9.92. The Morgan fingerprint density at radius 3 is 2.58 bits per heavy atom. The number of halogens is 4. The summed E-state index contributed by atoms with van der Waals surface area (Å²) in [5, 5.41) is 11.9. The van der Waals surface area contributed by atoms with Gasteiger partial charge in [-0.1, -0.05) is 28.1 Å². The second-order valence-electron chi connectivity index (χ2n) is 8.72. The summed E-state index contributed by atoms with van der Waals surface area (Å²) in [6.45, 7) is 0.237. The predicted octanol–water partition coefficient (Wildman–Crippen LogP) is 3.44. The molecule has 2 aliphatic heterocycles. The molecule has 2 aliphatic rings. The van der Waals surface area contributed by atoms with Crippen LogP contribution in [0.15, 0.2) is 46.9 Å². The molecule has 0 bridgehead atoms. The van der Waals surface area contributed by atoms with Gasteiger partial charge in [-0.2, -0.15) is 13.2 Å². The van der Waals surface area contributed by atoms with Crippen LogP contribution in [0.5, 0.6) is 0 Å². The molecule has 0 radical (unpaired) electrons. The fourth-order valence-corrected chi connectivity index (χ4v) is 4.86. The number of nitrogens with zero attached hydrogens (tertiary/aromatic N) is 2.